The van der Waals surface area contributed by atoms with Gasteiger partial charge in [0.25, 0.3) is 0 Å². The number of hydrogen-bond acceptors (Lipinski definition) is 2. The van der Waals surface area contributed by atoms with Gasteiger partial charge < -0.3 is 10.1 Å². The van der Waals surface area contributed by atoms with E-state index in [1.165, 1.54) is 18.9 Å². The molecule has 0 radical (unpaired) electrons. The van der Waals surface area contributed by atoms with E-state index in [0.29, 0.717) is 12.0 Å². The van der Waals surface area contributed by atoms with Gasteiger partial charge in [0.05, 0.1) is 5.02 Å². The van der Waals surface area contributed by atoms with Gasteiger partial charge in [-0.25, -0.2) is 4.39 Å². The number of rotatable bonds is 6. The number of nitrogens with one attached hydrogen (secondary N) is 1. The van der Waals surface area contributed by atoms with Gasteiger partial charge in [0, 0.05) is 12.6 Å². The molecule has 100 valence electrons. The molecule has 0 amide bonds. The van der Waals surface area contributed by atoms with Crippen molar-refractivity contribution in [3.8, 4) is 5.75 Å². The molecule has 4 heteroatoms. The van der Waals surface area contributed by atoms with Gasteiger partial charge >= 0.3 is 0 Å². The van der Waals surface area contributed by atoms with Gasteiger partial charge in [-0.3, -0.25) is 0 Å². The molecule has 1 saturated carbocycles. The number of halogens is 2. The molecule has 0 bridgehead atoms. The van der Waals surface area contributed by atoms with Gasteiger partial charge in [0.15, 0.2) is 11.6 Å². The summed E-state index contributed by atoms with van der Waals surface area (Å²) in [5.74, 6) is 0.0738. The minimum atomic E-state index is -0.476. The smallest absolute Gasteiger partial charge is 0.183 e. The first kappa shape index (κ1) is 13.6. The molecule has 1 unspecified atom stereocenters. The van der Waals surface area contributed by atoms with Crippen LogP contribution < -0.4 is 10.1 Å². The maximum Gasteiger partial charge on any atom is 0.183 e. The van der Waals surface area contributed by atoms with E-state index in [1.807, 2.05) is 0 Å². The van der Waals surface area contributed by atoms with Crippen molar-refractivity contribution in [1.82, 2.24) is 5.32 Å². The minimum Gasteiger partial charge on any atom is -0.486 e. The average Bonchev–Trinajstić information content (AvgIpc) is 3.13. The summed E-state index contributed by atoms with van der Waals surface area (Å²) in [7, 11) is 0. The van der Waals surface area contributed by atoms with E-state index in [2.05, 4.69) is 19.2 Å². The van der Waals surface area contributed by atoms with E-state index in [-0.39, 0.29) is 16.9 Å². The highest BCUT2D eigenvalue weighted by Crippen LogP contribution is 2.26. The second kappa shape index (κ2) is 5.89. The lowest BCUT2D eigenvalue weighted by Crippen LogP contribution is -2.36. The molecule has 1 aromatic rings. The molecule has 0 aromatic heterocycles. The Kier molecular flexibility index (Phi) is 4.46. The van der Waals surface area contributed by atoms with Crippen LogP contribution in [0.4, 0.5) is 4.39 Å². The highest BCUT2D eigenvalue weighted by molar-refractivity contribution is 6.30. The largest absolute Gasteiger partial charge is 0.486 e. The van der Waals surface area contributed by atoms with Gasteiger partial charge in [-0.15, -0.1) is 0 Å². The Morgan fingerprint density at radius 1 is 1.44 bits per heavy atom. The summed E-state index contributed by atoms with van der Waals surface area (Å²) in [5, 5.41) is 3.51. The third kappa shape index (κ3) is 3.59. The first-order chi connectivity index (χ1) is 8.58. The van der Waals surface area contributed by atoms with Gasteiger partial charge in [-0.05, 0) is 30.9 Å². The number of benzene rings is 1. The molecule has 1 aromatic carbocycles. The summed E-state index contributed by atoms with van der Waals surface area (Å²) in [4.78, 5) is 0. The average molecular weight is 272 g/mol. The second-order valence-corrected chi connectivity index (χ2v) is 5.54. The van der Waals surface area contributed by atoms with Crippen LogP contribution in [-0.2, 0) is 0 Å². The van der Waals surface area contributed by atoms with Gasteiger partial charge in [-0.2, -0.15) is 0 Å². The van der Waals surface area contributed by atoms with Crippen LogP contribution in [-0.4, -0.2) is 18.7 Å². The fourth-order valence-corrected chi connectivity index (χ4v) is 1.89. The van der Waals surface area contributed by atoms with Crippen LogP contribution in [0.15, 0.2) is 18.2 Å². The van der Waals surface area contributed by atoms with Crippen molar-refractivity contribution in [2.45, 2.75) is 38.8 Å². The van der Waals surface area contributed by atoms with E-state index in [1.54, 1.807) is 12.1 Å². The molecular weight excluding hydrogens is 253 g/mol. The zero-order valence-corrected chi connectivity index (χ0v) is 11.5. The molecule has 1 aliphatic carbocycles. The lowest BCUT2D eigenvalue weighted by atomic mass is 10.1. The molecule has 2 nitrogen and oxygen atoms in total. The van der Waals surface area contributed by atoms with E-state index >= 15 is 0 Å². The summed E-state index contributed by atoms with van der Waals surface area (Å²) in [6.45, 7) is 4.89. The summed E-state index contributed by atoms with van der Waals surface area (Å²) < 4.78 is 19.5. The van der Waals surface area contributed by atoms with Crippen LogP contribution in [0.5, 0.6) is 5.75 Å². The lowest BCUT2D eigenvalue weighted by Gasteiger charge is -2.23. The Bertz CT molecular complexity index is 407. The third-order valence-electron chi connectivity index (χ3n) is 3.12. The first-order valence-electron chi connectivity index (χ1n) is 6.42. The van der Waals surface area contributed by atoms with Gasteiger partial charge in [-0.1, -0.05) is 31.5 Å². The topological polar surface area (TPSA) is 21.3 Å². The fraction of sp³-hybridized carbons (Fsp3) is 0.571. The van der Waals surface area contributed by atoms with Crippen LogP contribution in [0.2, 0.25) is 5.02 Å². The van der Waals surface area contributed by atoms with Crippen molar-refractivity contribution < 1.29 is 9.13 Å². The van der Waals surface area contributed by atoms with Crippen molar-refractivity contribution in [3.63, 3.8) is 0 Å². The summed E-state index contributed by atoms with van der Waals surface area (Å²) in [5.41, 5.74) is 0. The molecule has 0 saturated heterocycles. The summed E-state index contributed by atoms with van der Waals surface area (Å²) >= 11 is 5.74. The van der Waals surface area contributed by atoms with Crippen molar-refractivity contribution in [2.24, 2.45) is 5.92 Å². The maximum atomic E-state index is 13.8. The van der Waals surface area contributed by atoms with Crippen LogP contribution in [0.25, 0.3) is 0 Å². The number of hydrogen-bond donors (Lipinski definition) is 1. The Hall–Kier alpha value is -0.800. The predicted octanol–water partition coefficient (Wildman–Crippen LogP) is 3.63. The molecule has 0 heterocycles. The Morgan fingerprint density at radius 3 is 2.78 bits per heavy atom. The second-order valence-electron chi connectivity index (χ2n) is 5.13. The van der Waals surface area contributed by atoms with Crippen LogP contribution >= 0.6 is 11.6 Å². The summed E-state index contributed by atoms with van der Waals surface area (Å²) in [6.07, 6.45) is 2.42. The molecule has 1 atom stereocenters. The predicted molar refractivity (Wildman–Crippen MR) is 71.7 cm³/mol. The SMILES string of the molecule is CC(C)C(CNC1CC1)Oc1cccc(Cl)c1F. The first-order valence-corrected chi connectivity index (χ1v) is 6.79. The molecule has 1 fully saturated rings. The molecule has 0 aliphatic heterocycles. The van der Waals surface area contributed by atoms with Crippen LogP contribution in [0, 0.1) is 11.7 Å². The van der Waals surface area contributed by atoms with Gasteiger partial charge in [0.2, 0.25) is 0 Å². The van der Waals surface area contributed by atoms with Gasteiger partial charge in [0.1, 0.15) is 6.10 Å². The van der Waals surface area contributed by atoms with E-state index in [0.717, 1.165) is 6.54 Å². The Labute approximate surface area is 112 Å². The normalized spacial score (nSPS) is 16.9. The molecule has 18 heavy (non-hydrogen) atoms. The number of ether oxygens (including phenoxy) is 1. The Morgan fingerprint density at radius 2 is 2.17 bits per heavy atom. The molecular formula is C14H19ClFNO. The van der Waals surface area contributed by atoms with Crippen molar-refractivity contribution in [3.05, 3.63) is 29.0 Å². The molecule has 2 rings (SSSR count). The summed E-state index contributed by atoms with van der Waals surface area (Å²) in [6, 6.07) is 5.47. The zero-order chi connectivity index (χ0) is 13.1. The lowest BCUT2D eigenvalue weighted by molar-refractivity contribution is 0.142. The van der Waals surface area contributed by atoms with Crippen LogP contribution in [0.3, 0.4) is 0 Å². The van der Waals surface area contributed by atoms with E-state index in [9.17, 15) is 4.39 Å². The Balaban J connectivity index is 2.00. The quantitative estimate of drug-likeness (QED) is 0.853. The van der Waals surface area contributed by atoms with Crippen molar-refractivity contribution in [1.29, 1.82) is 0 Å². The maximum absolute atomic E-state index is 13.8. The highest BCUT2D eigenvalue weighted by atomic mass is 35.5. The van der Waals surface area contributed by atoms with Crippen molar-refractivity contribution in [2.75, 3.05) is 6.54 Å². The fourth-order valence-electron chi connectivity index (χ4n) is 1.72. The minimum absolute atomic E-state index is 0.0430. The molecule has 1 N–H and O–H groups in total. The highest BCUT2D eigenvalue weighted by Gasteiger charge is 2.24. The molecule has 1 aliphatic rings. The van der Waals surface area contributed by atoms with Crippen molar-refractivity contribution >= 4 is 11.6 Å². The zero-order valence-electron chi connectivity index (χ0n) is 10.7. The van der Waals surface area contributed by atoms with E-state index < -0.39 is 5.82 Å². The monoisotopic (exact) mass is 271 g/mol. The molecule has 0 spiro atoms. The van der Waals surface area contributed by atoms with E-state index in [4.69, 9.17) is 16.3 Å². The van der Waals surface area contributed by atoms with Crippen LogP contribution in [0.1, 0.15) is 26.7 Å². The standard InChI is InChI=1S/C14H19ClFNO/c1-9(2)13(8-17-10-6-7-10)18-12-5-3-4-11(15)14(12)16/h3-5,9-10,13,17H,6-8H2,1-2H3. The third-order valence-corrected chi connectivity index (χ3v) is 3.42.